The van der Waals surface area contributed by atoms with Gasteiger partial charge in [0.25, 0.3) is 0 Å². The topological polar surface area (TPSA) is 80.5 Å². The number of sulfone groups is 1. The number of halogens is 1. The van der Waals surface area contributed by atoms with Crippen LogP contribution in [0, 0.1) is 12.7 Å². The molecule has 0 aliphatic rings. The Morgan fingerprint density at radius 1 is 1.13 bits per heavy atom. The highest BCUT2D eigenvalue weighted by molar-refractivity contribution is 7.91. The van der Waals surface area contributed by atoms with Crippen LogP contribution in [-0.2, 0) is 20.4 Å². The second-order valence-electron chi connectivity index (χ2n) is 7.52. The van der Waals surface area contributed by atoms with E-state index in [1.807, 2.05) is 0 Å². The van der Waals surface area contributed by atoms with Gasteiger partial charge >= 0.3 is 0 Å². The van der Waals surface area contributed by atoms with Gasteiger partial charge in [-0.15, -0.1) is 0 Å². The molecule has 30 heavy (non-hydrogen) atoms. The molecule has 0 atom stereocenters. The maximum absolute atomic E-state index is 13.9. The van der Waals surface area contributed by atoms with E-state index in [2.05, 4.69) is 23.7 Å². The molecule has 1 aromatic carbocycles. The third-order valence-electron chi connectivity index (χ3n) is 4.74. The van der Waals surface area contributed by atoms with Gasteiger partial charge in [-0.2, -0.15) is 0 Å². The van der Waals surface area contributed by atoms with Crippen LogP contribution in [0.2, 0.25) is 0 Å². The largest absolute Gasteiger partial charge is 0.441 e. The maximum Gasteiger partial charge on any atom is 0.229 e. The van der Waals surface area contributed by atoms with Gasteiger partial charge in [0.15, 0.2) is 9.84 Å². The molecule has 0 fully saturated rings. The summed E-state index contributed by atoms with van der Waals surface area (Å²) in [6.45, 7) is 8.57. The molecular formula is C22H31FN2O4S. The Bertz CT molecular complexity index is 934. The highest BCUT2D eigenvalue weighted by atomic mass is 32.2. The smallest absolute Gasteiger partial charge is 0.229 e. The molecule has 1 aromatic heterocycles. The minimum absolute atomic E-state index is 0.0362. The van der Waals surface area contributed by atoms with Gasteiger partial charge in [-0.05, 0) is 58.0 Å². The third kappa shape index (κ3) is 7.32. The van der Waals surface area contributed by atoms with Crippen molar-refractivity contribution in [2.24, 2.45) is 0 Å². The van der Waals surface area contributed by atoms with E-state index in [4.69, 9.17) is 4.42 Å². The summed E-state index contributed by atoms with van der Waals surface area (Å²) in [5.74, 6) is -1.37. The zero-order valence-electron chi connectivity index (χ0n) is 18.0. The molecule has 0 aliphatic carbocycles. The number of oxazole rings is 1. The molecule has 8 heteroatoms. The van der Waals surface area contributed by atoms with Gasteiger partial charge in [-0.1, -0.05) is 26.0 Å². The van der Waals surface area contributed by atoms with Crippen LogP contribution >= 0.6 is 0 Å². The van der Waals surface area contributed by atoms with Crippen molar-refractivity contribution in [1.29, 1.82) is 0 Å². The lowest BCUT2D eigenvalue weighted by Crippen LogP contribution is -2.27. The van der Waals surface area contributed by atoms with E-state index in [9.17, 15) is 17.6 Å². The summed E-state index contributed by atoms with van der Waals surface area (Å²) in [5.41, 5.74) is 0.377. The van der Waals surface area contributed by atoms with E-state index < -0.39 is 27.2 Å². The number of Topliss-reactive ketones (excluding diaryl/α,β-unsaturated/α-hetero) is 1. The molecule has 0 bridgehead atoms. The van der Waals surface area contributed by atoms with Crippen LogP contribution in [0.3, 0.4) is 0 Å². The zero-order chi connectivity index (χ0) is 22.1. The highest BCUT2D eigenvalue weighted by Gasteiger charge is 2.22. The molecule has 0 amide bonds. The van der Waals surface area contributed by atoms with Crippen molar-refractivity contribution in [2.45, 2.75) is 52.2 Å². The summed E-state index contributed by atoms with van der Waals surface area (Å²) in [6.07, 6.45) is 2.98. The lowest BCUT2D eigenvalue weighted by atomic mass is 10.2. The Kier molecular flexibility index (Phi) is 9.17. The van der Waals surface area contributed by atoms with Crippen LogP contribution in [-0.4, -0.2) is 49.5 Å². The fourth-order valence-electron chi connectivity index (χ4n) is 3.36. The van der Waals surface area contributed by atoms with E-state index in [1.165, 1.54) is 12.1 Å². The minimum atomic E-state index is -3.69. The third-order valence-corrected chi connectivity index (χ3v) is 6.22. The molecule has 0 N–H and O–H groups in total. The number of carbonyl (C=O) groups is 1. The number of aromatic nitrogens is 1. The summed E-state index contributed by atoms with van der Waals surface area (Å²) < 4.78 is 44.4. The number of hydrogen-bond acceptors (Lipinski definition) is 6. The van der Waals surface area contributed by atoms with Crippen molar-refractivity contribution in [1.82, 2.24) is 9.88 Å². The number of ketones is 1. The summed E-state index contributed by atoms with van der Waals surface area (Å²) in [7, 11) is -3.69. The fraction of sp³-hybridized carbons (Fsp3) is 0.545. The number of aryl methyl sites for hydroxylation is 1. The van der Waals surface area contributed by atoms with Crippen LogP contribution in [0.1, 0.15) is 51.0 Å². The van der Waals surface area contributed by atoms with E-state index in [1.54, 1.807) is 19.1 Å². The summed E-state index contributed by atoms with van der Waals surface area (Å²) in [4.78, 5) is 18.7. The molecule has 2 rings (SSSR count). The summed E-state index contributed by atoms with van der Waals surface area (Å²) in [6, 6.07) is 6.00. The molecule has 0 spiro atoms. The van der Waals surface area contributed by atoms with Gasteiger partial charge in [0, 0.05) is 6.42 Å². The average Bonchev–Trinajstić information content (AvgIpc) is 3.01. The quantitative estimate of drug-likeness (QED) is 0.467. The highest BCUT2D eigenvalue weighted by Crippen LogP contribution is 2.25. The van der Waals surface area contributed by atoms with Gasteiger partial charge in [-0.3, -0.25) is 4.79 Å². The van der Waals surface area contributed by atoms with E-state index in [0.29, 0.717) is 12.2 Å². The second-order valence-corrected chi connectivity index (χ2v) is 9.58. The first-order valence-corrected chi connectivity index (χ1v) is 12.2. The molecule has 166 valence electrons. The van der Waals surface area contributed by atoms with Gasteiger partial charge in [-0.25, -0.2) is 17.8 Å². The predicted octanol–water partition coefficient (Wildman–Crippen LogP) is 4.18. The fourth-order valence-corrected chi connectivity index (χ4v) is 4.78. The van der Waals surface area contributed by atoms with Crippen LogP contribution in [0.4, 0.5) is 4.39 Å². The molecule has 0 unspecified atom stereocenters. The Morgan fingerprint density at radius 2 is 1.80 bits per heavy atom. The van der Waals surface area contributed by atoms with E-state index >= 15 is 0 Å². The molecular weight excluding hydrogens is 407 g/mol. The molecule has 1 heterocycles. The number of carbonyl (C=O) groups excluding carboxylic acids is 1. The number of rotatable bonds is 13. The van der Waals surface area contributed by atoms with Gasteiger partial charge < -0.3 is 9.32 Å². The minimum Gasteiger partial charge on any atom is -0.441 e. The lowest BCUT2D eigenvalue weighted by Gasteiger charge is -2.20. The Hall–Kier alpha value is -2.06. The lowest BCUT2D eigenvalue weighted by molar-refractivity contribution is -0.116. The Labute approximate surface area is 178 Å². The SMILES string of the molecule is CCCN(CCC)CCCC(=O)CS(=O)(=O)Cc1nc(-c2ccccc2F)oc1C. The Balaban J connectivity index is 1.94. The van der Waals surface area contributed by atoms with Crippen LogP contribution in [0.5, 0.6) is 0 Å². The normalized spacial score (nSPS) is 11.9. The van der Waals surface area contributed by atoms with Crippen molar-refractivity contribution in [3.05, 3.63) is 41.5 Å². The van der Waals surface area contributed by atoms with Crippen LogP contribution in [0.15, 0.2) is 28.7 Å². The summed E-state index contributed by atoms with van der Waals surface area (Å²) >= 11 is 0. The Morgan fingerprint density at radius 3 is 2.43 bits per heavy atom. The van der Waals surface area contributed by atoms with Crippen molar-refractivity contribution in [3.63, 3.8) is 0 Å². The first-order valence-electron chi connectivity index (χ1n) is 10.4. The van der Waals surface area contributed by atoms with Crippen LogP contribution in [0.25, 0.3) is 11.5 Å². The summed E-state index contributed by atoms with van der Waals surface area (Å²) in [5, 5.41) is 0. The molecule has 0 saturated carbocycles. The molecule has 0 saturated heterocycles. The zero-order valence-corrected chi connectivity index (χ0v) is 18.8. The van der Waals surface area contributed by atoms with Crippen molar-refractivity contribution < 1.29 is 22.0 Å². The molecule has 0 radical (unpaired) electrons. The standard InChI is InChI=1S/C22H31FN2O4S/c1-4-12-25(13-5-2)14-8-9-18(26)15-30(27,28)16-21-17(3)29-22(24-21)19-10-6-7-11-20(19)23/h6-7,10-11H,4-5,8-9,12-16H2,1-3H3. The van der Waals surface area contributed by atoms with E-state index in [-0.39, 0.29) is 29.4 Å². The first-order chi connectivity index (χ1) is 14.3. The monoisotopic (exact) mass is 438 g/mol. The van der Waals surface area contributed by atoms with Crippen molar-refractivity contribution in [3.8, 4) is 11.5 Å². The number of nitrogens with zero attached hydrogens (tertiary/aromatic N) is 2. The number of hydrogen-bond donors (Lipinski definition) is 0. The molecule has 0 aliphatic heterocycles. The molecule has 6 nitrogen and oxygen atoms in total. The molecule has 2 aromatic rings. The van der Waals surface area contributed by atoms with Crippen LogP contribution < -0.4 is 0 Å². The van der Waals surface area contributed by atoms with Crippen molar-refractivity contribution >= 4 is 15.6 Å². The van der Waals surface area contributed by atoms with Crippen molar-refractivity contribution in [2.75, 3.05) is 25.4 Å². The maximum atomic E-state index is 13.9. The second kappa shape index (κ2) is 11.4. The first kappa shape index (κ1) is 24.2. The average molecular weight is 439 g/mol. The van der Waals surface area contributed by atoms with Gasteiger partial charge in [0.05, 0.1) is 17.0 Å². The van der Waals surface area contributed by atoms with Gasteiger partial charge in [0.2, 0.25) is 5.89 Å². The van der Waals surface area contributed by atoms with Gasteiger partial charge in [0.1, 0.15) is 23.1 Å². The number of benzene rings is 1. The van der Waals surface area contributed by atoms with E-state index in [0.717, 1.165) is 32.5 Å². The predicted molar refractivity (Wildman–Crippen MR) is 115 cm³/mol.